The molecule has 2 atom stereocenters. The molecule has 0 radical (unpaired) electrons. The maximum atomic E-state index is 11.5. The summed E-state index contributed by atoms with van der Waals surface area (Å²) >= 11 is 0. The van der Waals surface area contributed by atoms with E-state index in [0.29, 0.717) is 6.42 Å². The number of carbonyl (C=O) groups is 2. The van der Waals surface area contributed by atoms with Crippen LogP contribution in [0.1, 0.15) is 30.8 Å². The van der Waals surface area contributed by atoms with Crippen molar-refractivity contribution in [2.24, 2.45) is 5.92 Å². The molecule has 0 aliphatic heterocycles. The van der Waals surface area contributed by atoms with Gasteiger partial charge in [-0.3, -0.25) is 4.79 Å². The molecule has 1 heterocycles. The molecule has 1 rings (SSSR count). The van der Waals surface area contributed by atoms with E-state index in [1.54, 1.807) is 6.92 Å². The lowest BCUT2D eigenvalue weighted by molar-refractivity contribution is -0.140. The van der Waals surface area contributed by atoms with Crippen molar-refractivity contribution in [2.45, 2.75) is 26.3 Å². The molecule has 0 aliphatic rings. The van der Waals surface area contributed by atoms with Gasteiger partial charge in [0, 0.05) is 6.07 Å². The maximum Gasteiger partial charge on any atom is 0.326 e. The summed E-state index contributed by atoms with van der Waals surface area (Å²) in [6.07, 6.45) is 1.99. The van der Waals surface area contributed by atoms with E-state index in [-0.39, 0.29) is 11.7 Å². The zero-order valence-electron chi connectivity index (χ0n) is 9.14. The van der Waals surface area contributed by atoms with Gasteiger partial charge in [0.05, 0.1) is 6.20 Å². The Labute approximate surface area is 92.6 Å². The molecule has 0 fully saturated rings. The van der Waals surface area contributed by atoms with Gasteiger partial charge < -0.3 is 14.9 Å². The van der Waals surface area contributed by atoms with Crippen LogP contribution >= 0.6 is 0 Å². The third-order valence-electron chi connectivity index (χ3n) is 2.43. The van der Waals surface area contributed by atoms with Gasteiger partial charge >= 0.3 is 5.97 Å². The average molecular weight is 226 g/mol. The number of hydrogen-bond donors (Lipinski definition) is 2. The number of nitrogens with one attached hydrogen (secondary N) is 1. The minimum atomic E-state index is -1.05. The fourth-order valence-corrected chi connectivity index (χ4v) is 1.23. The maximum absolute atomic E-state index is 11.5. The summed E-state index contributed by atoms with van der Waals surface area (Å²) in [4.78, 5) is 22.5. The highest BCUT2D eigenvalue weighted by molar-refractivity contribution is 5.94. The first-order valence-electron chi connectivity index (χ1n) is 5.00. The van der Waals surface area contributed by atoms with Gasteiger partial charge in [0.2, 0.25) is 5.76 Å². The van der Waals surface area contributed by atoms with Gasteiger partial charge in [-0.2, -0.15) is 0 Å². The molecular weight excluding hydrogens is 212 g/mol. The van der Waals surface area contributed by atoms with E-state index in [4.69, 9.17) is 5.11 Å². The molecule has 2 N–H and O–H groups in total. The van der Waals surface area contributed by atoms with E-state index in [2.05, 4.69) is 15.0 Å². The van der Waals surface area contributed by atoms with Crippen LogP contribution in [-0.2, 0) is 4.79 Å². The SMILES string of the molecule is CC[C@H](C)[C@H](NC(=O)c1ccno1)C(=O)O. The molecule has 0 unspecified atom stereocenters. The Morgan fingerprint density at radius 3 is 2.75 bits per heavy atom. The molecule has 0 bridgehead atoms. The summed E-state index contributed by atoms with van der Waals surface area (Å²) in [5.41, 5.74) is 0. The van der Waals surface area contributed by atoms with Gasteiger partial charge in [-0.1, -0.05) is 25.4 Å². The van der Waals surface area contributed by atoms with Crippen molar-refractivity contribution in [3.05, 3.63) is 18.0 Å². The van der Waals surface area contributed by atoms with Crippen LogP contribution in [0.4, 0.5) is 0 Å². The molecule has 0 aliphatic carbocycles. The largest absolute Gasteiger partial charge is 0.480 e. The molecule has 6 nitrogen and oxygen atoms in total. The number of carbonyl (C=O) groups excluding carboxylic acids is 1. The molecule has 0 aromatic carbocycles. The Kier molecular flexibility index (Phi) is 4.04. The lowest BCUT2D eigenvalue weighted by Crippen LogP contribution is -2.44. The van der Waals surface area contributed by atoms with E-state index in [0.717, 1.165) is 0 Å². The lowest BCUT2D eigenvalue weighted by atomic mass is 9.99. The highest BCUT2D eigenvalue weighted by Crippen LogP contribution is 2.09. The summed E-state index contributed by atoms with van der Waals surface area (Å²) in [5, 5.41) is 14.7. The Morgan fingerprint density at radius 1 is 1.62 bits per heavy atom. The molecule has 16 heavy (non-hydrogen) atoms. The summed E-state index contributed by atoms with van der Waals surface area (Å²) in [5.74, 6) is -1.76. The molecule has 6 heteroatoms. The summed E-state index contributed by atoms with van der Waals surface area (Å²) in [6.45, 7) is 3.63. The second kappa shape index (κ2) is 5.29. The first-order valence-corrected chi connectivity index (χ1v) is 5.00. The van der Waals surface area contributed by atoms with Crippen LogP contribution in [0, 0.1) is 5.92 Å². The molecular formula is C10H14N2O4. The topological polar surface area (TPSA) is 92.4 Å². The van der Waals surface area contributed by atoms with E-state index in [1.165, 1.54) is 12.3 Å². The predicted octanol–water partition coefficient (Wildman–Crippen LogP) is 0.904. The van der Waals surface area contributed by atoms with Gasteiger partial charge in [0.25, 0.3) is 5.91 Å². The molecule has 0 saturated heterocycles. The zero-order valence-corrected chi connectivity index (χ0v) is 9.14. The molecule has 0 saturated carbocycles. The lowest BCUT2D eigenvalue weighted by Gasteiger charge is -2.19. The molecule has 1 aromatic heterocycles. The summed E-state index contributed by atoms with van der Waals surface area (Å²) < 4.78 is 4.63. The number of aromatic nitrogens is 1. The van der Waals surface area contributed by atoms with E-state index >= 15 is 0 Å². The highest BCUT2D eigenvalue weighted by atomic mass is 16.5. The molecule has 88 valence electrons. The van der Waals surface area contributed by atoms with Gasteiger partial charge in [-0.05, 0) is 5.92 Å². The van der Waals surface area contributed by atoms with E-state index in [1.807, 2.05) is 6.92 Å². The quantitative estimate of drug-likeness (QED) is 0.778. The Balaban J connectivity index is 2.69. The average Bonchev–Trinajstić information content (AvgIpc) is 2.77. The van der Waals surface area contributed by atoms with Gasteiger partial charge in [0.1, 0.15) is 6.04 Å². The number of rotatable bonds is 5. The van der Waals surface area contributed by atoms with Crippen molar-refractivity contribution >= 4 is 11.9 Å². The van der Waals surface area contributed by atoms with Crippen LogP contribution in [0.15, 0.2) is 16.8 Å². The van der Waals surface area contributed by atoms with Crippen LogP contribution in [0.2, 0.25) is 0 Å². The first kappa shape index (κ1) is 12.2. The third-order valence-corrected chi connectivity index (χ3v) is 2.43. The molecule has 0 spiro atoms. The van der Waals surface area contributed by atoms with E-state index in [9.17, 15) is 9.59 Å². The minimum absolute atomic E-state index is 0.00885. The predicted molar refractivity (Wildman–Crippen MR) is 54.8 cm³/mol. The van der Waals surface area contributed by atoms with Crippen LogP contribution in [0.3, 0.4) is 0 Å². The number of aliphatic carboxylic acids is 1. The second-order valence-electron chi connectivity index (χ2n) is 3.55. The van der Waals surface area contributed by atoms with Crippen LogP contribution in [-0.4, -0.2) is 28.2 Å². The Hall–Kier alpha value is -1.85. The van der Waals surface area contributed by atoms with E-state index < -0.39 is 17.9 Å². The third kappa shape index (κ3) is 2.82. The van der Waals surface area contributed by atoms with Crippen molar-refractivity contribution in [3.8, 4) is 0 Å². The van der Waals surface area contributed by atoms with Crippen molar-refractivity contribution in [1.29, 1.82) is 0 Å². The number of amides is 1. The van der Waals surface area contributed by atoms with Gasteiger partial charge in [-0.15, -0.1) is 0 Å². The van der Waals surface area contributed by atoms with Crippen molar-refractivity contribution < 1.29 is 19.2 Å². The van der Waals surface area contributed by atoms with Crippen molar-refractivity contribution in [3.63, 3.8) is 0 Å². The van der Waals surface area contributed by atoms with Crippen LogP contribution < -0.4 is 5.32 Å². The normalized spacial score (nSPS) is 14.1. The molecule has 1 aromatic rings. The highest BCUT2D eigenvalue weighted by Gasteiger charge is 2.26. The number of carboxylic acid groups (broad SMARTS) is 1. The standard InChI is InChI=1S/C10H14N2O4/c1-3-6(2)8(10(14)15)12-9(13)7-4-5-11-16-7/h4-6,8H,3H2,1-2H3,(H,12,13)(H,14,15)/t6-,8-/m0/s1. The Bertz CT molecular complexity index is 361. The monoisotopic (exact) mass is 226 g/mol. The fourth-order valence-electron chi connectivity index (χ4n) is 1.23. The van der Waals surface area contributed by atoms with Gasteiger partial charge in [-0.25, -0.2) is 4.79 Å². The van der Waals surface area contributed by atoms with Crippen LogP contribution in [0.5, 0.6) is 0 Å². The summed E-state index contributed by atoms with van der Waals surface area (Å²) in [7, 11) is 0. The Morgan fingerprint density at radius 2 is 2.31 bits per heavy atom. The first-order chi connectivity index (χ1) is 7.56. The fraction of sp³-hybridized carbons (Fsp3) is 0.500. The number of nitrogens with zero attached hydrogens (tertiary/aromatic N) is 1. The summed E-state index contributed by atoms with van der Waals surface area (Å²) in [6, 6.07) is 0.466. The zero-order chi connectivity index (χ0) is 12.1. The second-order valence-corrected chi connectivity index (χ2v) is 3.55. The molecule has 1 amide bonds. The van der Waals surface area contributed by atoms with Crippen molar-refractivity contribution in [1.82, 2.24) is 10.5 Å². The minimum Gasteiger partial charge on any atom is -0.480 e. The van der Waals surface area contributed by atoms with Gasteiger partial charge in [0.15, 0.2) is 0 Å². The van der Waals surface area contributed by atoms with Crippen molar-refractivity contribution in [2.75, 3.05) is 0 Å². The number of hydrogen-bond acceptors (Lipinski definition) is 4. The number of carboxylic acids is 1. The smallest absolute Gasteiger partial charge is 0.326 e. The van der Waals surface area contributed by atoms with Crippen LogP contribution in [0.25, 0.3) is 0 Å².